The van der Waals surface area contributed by atoms with Crippen LogP contribution in [-0.2, 0) is 58.9 Å². The summed E-state index contributed by atoms with van der Waals surface area (Å²) in [5.41, 5.74) is -0.0136. The molecule has 1 N–H and O–H groups in total. The van der Waals surface area contributed by atoms with Crippen LogP contribution < -0.4 is 0 Å². The summed E-state index contributed by atoms with van der Waals surface area (Å²) >= 11 is 0. The third-order valence-electron chi connectivity index (χ3n) is 11.5. The minimum absolute atomic E-state index is 0.0493. The number of benzene rings is 1. The highest BCUT2D eigenvalue weighted by molar-refractivity contribution is 5.92. The zero-order valence-electron chi connectivity index (χ0n) is 35.4. The van der Waals surface area contributed by atoms with Gasteiger partial charge >= 0.3 is 23.9 Å². The molecule has 1 heterocycles. The van der Waals surface area contributed by atoms with Crippen LogP contribution >= 0.6 is 0 Å². The molecule has 3 aliphatic rings. The van der Waals surface area contributed by atoms with E-state index in [2.05, 4.69) is 0 Å². The Labute approximate surface area is 346 Å². The molecule has 0 spiro atoms. The lowest BCUT2D eigenvalue weighted by Gasteiger charge is -2.34. The van der Waals surface area contributed by atoms with Crippen molar-refractivity contribution >= 4 is 42.1 Å². The Hall–Kier alpha value is -4.60. The normalized spacial score (nSPS) is 18.8. The van der Waals surface area contributed by atoms with E-state index >= 15 is 4.39 Å². The molecule has 2 aliphatic carbocycles. The molecule has 1 aliphatic heterocycles. The smallest absolute Gasteiger partial charge is 0.344 e. The third-order valence-corrected chi connectivity index (χ3v) is 11.5. The summed E-state index contributed by atoms with van der Waals surface area (Å²) < 4.78 is 37.5. The second kappa shape index (κ2) is 21.1. The number of carbonyl (C=O) groups is 7. The highest BCUT2D eigenvalue weighted by atomic mass is 19.1. The predicted molar refractivity (Wildman–Crippen MR) is 211 cm³/mol. The molecule has 0 aromatic heterocycles. The van der Waals surface area contributed by atoms with Gasteiger partial charge < -0.3 is 38.8 Å². The van der Waals surface area contributed by atoms with Gasteiger partial charge in [0.1, 0.15) is 23.8 Å². The molecule has 1 saturated heterocycles. The van der Waals surface area contributed by atoms with Gasteiger partial charge in [0.15, 0.2) is 18.3 Å². The molecule has 0 radical (unpaired) electrons. The maximum Gasteiger partial charge on any atom is 0.344 e. The van der Waals surface area contributed by atoms with Crippen molar-refractivity contribution in [1.29, 1.82) is 0 Å². The van der Waals surface area contributed by atoms with Crippen LogP contribution in [0, 0.1) is 11.8 Å². The largest absolute Gasteiger partial charge is 0.479 e. The Morgan fingerprint density at radius 2 is 1.29 bits per heavy atom. The number of hydrogen-bond donors (Lipinski definition) is 1. The van der Waals surface area contributed by atoms with Gasteiger partial charge in [-0.25, -0.2) is 23.6 Å². The van der Waals surface area contributed by atoms with Crippen molar-refractivity contribution in [3.8, 4) is 0 Å². The number of carbonyl (C=O) groups excluding carboxylic acids is 6. The van der Waals surface area contributed by atoms with E-state index in [1.165, 1.54) is 53.7 Å². The van der Waals surface area contributed by atoms with Crippen LogP contribution in [0.1, 0.15) is 109 Å². The van der Waals surface area contributed by atoms with E-state index in [1.54, 1.807) is 0 Å². The van der Waals surface area contributed by atoms with E-state index in [0.717, 1.165) is 59.5 Å². The molecule has 0 unspecified atom stereocenters. The average Bonchev–Trinajstić information content (AvgIpc) is 4.15. The number of halogens is 1. The van der Waals surface area contributed by atoms with Crippen molar-refractivity contribution in [1.82, 2.24) is 14.7 Å². The molecule has 3 amide bonds. The van der Waals surface area contributed by atoms with E-state index in [-0.39, 0.29) is 31.1 Å². The second-order valence-electron chi connectivity index (χ2n) is 17.1. The summed E-state index contributed by atoms with van der Waals surface area (Å²) in [5, 5.41) is 9.38. The number of alkyl halides is 1. The number of esters is 3. The van der Waals surface area contributed by atoms with Crippen molar-refractivity contribution in [3.63, 3.8) is 0 Å². The summed E-state index contributed by atoms with van der Waals surface area (Å²) in [4.78, 5) is 95.1. The fourth-order valence-corrected chi connectivity index (χ4v) is 7.26. The molecule has 2 saturated carbocycles. The van der Waals surface area contributed by atoms with Crippen LogP contribution in [-0.4, -0.2) is 138 Å². The Kier molecular flexibility index (Phi) is 16.8. The maximum absolute atomic E-state index is 15.4. The SMILES string of the molecule is C[C@@H](OC(=O)[C@H](CC1CC1)N(C)C(=O)[C@@H](CCc1ccc(C2CCOCC2)cc1)OC(=O)[C@H](CC(C)(C)F)N(C)C(=O)[C@@H](C)OC(=O)[C@H](CC1CC1)N(C)C=O)C(=O)O. The first kappa shape index (κ1) is 47.1. The van der Waals surface area contributed by atoms with Gasteiger partial charge in [-0.05, 0) is 95.1 Å². The summed E-state index contributed by atoms with van der Waals surface area (Å²) in [6.45, 7) is 6.33. The molecule has 16 heteroatoms. The van der Waals surface area contributed by atoms with Crippen molar-refractivity contribution < 1.29 is 62.0 Å². The fourth-order valence-electron chi connectivity index (χ4n) is 7.26. The van der Waals surface area contributed by atoms with Gasteiger partial charge in [-0.2, -0.15) is 0 Å². The number of hydrogen-bond acceptors (Lipinski definition) is 11. The summed E-state index contributed by atoms with van der Waals surface area (Å²) in [6, 6.07) is 4.23. The Morgan fingerprint density at radius 3 is 1.81 bits per heavy atom. The van der Waals surface area contributed by atoms with Crippen molar-refractivity contribution in [3.05, 3.63) is 35.4 Å². The van der Waals surface area contributed by atoms with Gasteiger partial charge in [0.25, 0.3) is 11.8 Å². The number of nitrogens with zero attached hydrogens (tertiary/aromatic N) is 3. The monoisotopic (exact) mass is 831 g/mol. The van der Waals surface area contributed by atoms with Crippen molar-refractivity contribution in [2.24, 2.45) is 11.8 Å². The number of likely N-dealkylation sites (N-methyl/N-ethyl adjacent to an activating group) is 3. The first-order chi connectivity index (χ1) is 27.8. The van der Waals surface area contributed by atoms with Gasteiger partial charge in [0, 0.05) is 40.8 Å². The van der Waals surface area contributed by atoms with Gasteiger partial charge in [-0.3, -0.25) is 14.4 Å². The van der Waals surface area contributed by atoms with Gasteiger partial charge in [-0.1, -0.05) is 49.9 Å². The van der Waals surface area contributed by atoms with Gasteiger partial charge in [-0.15, -0.1) is 0 Å². The number of aliphatic carboxylic acids is 1. The molecular formula is C43H62FN3O12. The minimum atomic E-state index is -2.01. The lowest BCUT2D eigenvalue weighted by Crippen LogP contribution is -2.53. The van der Waals surface area contributed by atoms with E-state index in [1.807, 2.05) is 24.3 Å². The minimum Gasteiger partial charge on any atom is -0.479 e. The van der Waals surface area contributed by atoms with Crippen molar-refractivity contribution in [2.45, 2.75) is 146 Å². The first-order valence-corrected chi connectivity index (χ1v) is 20.7. The highest BCUT2D eigenvalue weighted by Crippen LogP contribution is 2.36. The van der Waals surface area contributed by atoms with E-state index in [0.29, 0.717) is 32.0 Å². The summed E-state index contributed by atoms with van der Waals surface area (Å²) in [5.74, 6) is -5.05. The van der Waals surface area contributed by atoms with Crippen molar-refractivity contribution in [2.75, 3.05) is 34.4 Å². The molecule has 3 fully saturated rings. The molecule has 1 aromatic carbocycles. The zero-order chi connectivity index (χ0) is 43.6. The number of amides is 3. The van der Waals surface area contributed by atoms with E-state index in [4.69, 9.17) is 18.9 Å². The molecule has 1 aromatic rings. The number of carboxylic acid groups (broad SMARTS) is 1. The maximum atomic E-state index is 15.4. The summed E-state index contributed by atoms with van der Waals surface area (Å²) in [6.07, 6.45) is 1.60. The van der Waals surface area contributed by atoms with Gasteiger partial charge in [0.2, 0.25) is 6.41 Å². The molecule has 59 heavy (non-hydrogen) atoms. The van der Waals surface area contributed by atoms with Crippen LogP contribution in [0.2, 0.25) is 0 Å². The quantitative estimate of drug-likeness (QED) is 0.0942. The number of aryl methyl sites for hydroxylation is 1. The highest BCUT2D eigenvalue weighted by Gasteiger charge is 2.42. The average molecular weight is 832 g/mol. The second-order valence-corrected chi connectivity index (χ2v) is 17.1. The standard InChI is InChI=1S/C43H62FN3O12/c1-26(57-40(53)33(45(5)25-48)22-29-8-9-29)37(49)47(7)35(24-43(3,4)44)42(55)59-36(17-14-28-12-15-31(16-13-28)32-18-20-56-21-19-32)38(50)46(6)34(23-30-10-11-30)41(54)58-27(2)39(51)52/h12-13,15-16,25-27,29-30,32-36H,8-11,14,17-24H2,1-7H3,(H,51,52)/t26-,27-,33+,34+,35+,36-/m1/s1. The fraction of sp³-hybridized carbons (Fsp3) is 0.698. The van der Waals surface area contributed by atoms with Crippen LogP contribution in [0.15, 0.2) is 24.3 Å². The molecule has 0 bridgehead atoms. The lowest BCUT2D eigenvalue weighted by molar-refractivity contribution is -0.174. The first-order valence-electron chi connectivity index (χ1n) is 20.7. The number of rotatable bonds is 23. The number of ether oxygens (including phenoxy) is 4. The Morgan fingerprint density at radius 1 is 0.780 bits per heavy atom. The molecular weight excluding hydrogens is 769 g/mol. The molecule has 328 valence electrons. The van der Waals surface area contributed by atoms with E-state index < -0.39 is 84.2 Å². The Bertz CT molecular complexity index is 1640. The predicted octanol–water partition coefficient (Wildman–Crippen LogP) is 4.22. The topological polar surface area (TPSA) is 186 Å². The Balaban J connectivity index is 1.57. The lowest BCUT2D eigenvalue weighted by atomic mass is 9.90. The van der Waals surface area contributed by atoms with E-state index in [9.17, 15) is 38.7 Å². The third kappa shape index (κ3) is 14.3. The van der Waals surface area contributed by atoms with Crippen LogP contribution in [0.4, 0.5) is 4.39 Å². The molecule has 4 rings (SSSR count). The van der Waals surface area contributed by atoms with Crippen LogP contribution in [0.25, 0.3) is 0 Å². The number of carboxylic acids is 1. The van der Waals surface area contributed by atoms with Gasteiger partial charge in [0.05, 0.1) is 0 Å². The summed E-state index contributed by atoms with van der Waals surface area (Å²) in [7, 11) is 4.05. The van der Waals surface area contributed by atoms with Crippen LogP contribution in [0.5, 0.6) is 0 Å². The zero-order valence-corrected chi connectivity index (χ0v) is 35.4. The molecule has 6 atom stereocenters. The molecule has 15 nitrogen and oxygen atoms in total. The van der Waals surface area contributed by atoms with Crippen LogP contribution in [0.3, 0.4) is 0 Å².